The maximum Gasteiger partial charge on any atom is 0.0784 e. The first kappa shape index (κ1) is 11.2. The van der Waals surface area contributed by atoms with Crippen LogP contribution in [0.3, 0.4) is 0 Å². The third-order valence-electron chi connectivity index (χ3n) is 3.15. The highest BCUT2D eigenvalue weighted by Crippen LogP contribution is 2.36. The van der Waals surface area contributed by atoms with Crippen molar-refractivity contribution in [1.82, 2.24) is 5.32 Å². The monoisotopic (exact) mass is 245 g/mol. The number of rotatable bonds is 0. The molecular weight excluding hydrogens is 233 g/mol. The Kier molecular flexibility index (Phi) is 3.21. The molecule has 0 bridgehead atoms. The van der Waals surface area contributed by atoms with Crippen molar-refractivity contribution in [2.45, 2.75) is 18.6 Å². The van der Waals surface area contributed by atoms with Gasteiger partial charge in [-0.3, -0.25) is 0 Å². The van der Waals surface area contributed by atoms with Crippen molar-refractivity contribution in [1.29, 1.82) is 0 Å². The fourth-order valence-corrected chi connectivity index (χ4v) is 2.64. The van der Waals surface area contributed by atoms with E-state index >= 15 is 0 Å². The fourth-order valence-electron chi connectivity index (χ4n) is 2.41. The van der Waals surface area contributed by atoms with Gasteiger partial charge in [0.1, 0.15) is 0 Å². The van der Waals surface area contributed by atoms with E-state index in [1.807, 2.05) is 12.1 Å². The van der Waals surface area contributed by atoms with E-state index in [4.69, 9.17) is 16.3 Å². The number of fused-ring (bicyclic) bond motifs is 3. The number of nitrogens with one attached hydrogen (secondary N) is 1. The minimum Gasteiger partial charge on any atom is -0.371 e. The van der Waals surface area contributed by atoms with Gasteiger partial charge in [0.15, 0.2) is 0 Å². The molecule has 0 amide bonds. The summed E-state index contributed by atoms with van der Waals surface area (Å²) in [5, 5.41) is 4.20. The van der Waals surface area contributed by atoms with Crippen molar-refractivity contribution in [3.63, 3.8) is 0 Å². The maximum atomic E-state index is 6.13. The predicted molar refractivity (Wildman–Crippen MR) is 62.9 cm³/mol. The summed E-state index contributed by atoms with van der Waals surface area (Å²) in [5.41, 5.74) is 2.55. The zero-order valence-corrected chi connectivity index (χ0v) is 9.77. The molecule has 0 unspecified atom stereocenters. The highest BCUT2D eigenvalue weighted by atomic mass is 35.5. The molecule has 1 aromatic carbocycles. The Hall–Kier alpha value is -0.280. The van der Waals surface area contributed by atoms with Gasteiger partial charge in [0.2, 0.25) is 0 Å². The van der Waals surface area contributed by atoms with Gasteiger partial charge in [0.25, 0.3) is 0 Å². The van der Waals surface area contributed by atoms with Crippen LogP contribution in [0, 0.1) is 0 Å². The van der Waals surface area contributed by atoms with Crippen LogP contribution in [0.5, 0.6) is 0 Å². The summed E-state index contributed by atoms with van der Waals surface area (Å²) in [5.74, 6) is 0.498. The second kappa shape index (κ2) is 4.30. The second-order valence-electron chi connectivity index (χ2n) is 3.92. The summed E-state index contributed by atoms with van der Waals surface area (Å²) in [7, 11) is 0. The van der Waals surface area contributed by atoms with Gasteiger partial charge < -0.3 is 10.1 Å². The SMILES string of the molecule is Cl.Clc1cccc2c1CO[C@@H]1CNC[C@H]21. The fraction of sp³-hybridized carbons (Fsp3) is 0.455. The molecule has 0 aromatic heterocycles. The lowest BCUT2D eigenvalue weighted by Gasteiger charge is -2.28. The van der Waals surface area contributed by atoms with E-state index in [1.165, 1.54) is 11.1 Å². The summed E-state index contributed by atoms with van der Waals surface area (Å²) < 4.78 is 5.76. The molecule has 0 saturated carbocycles. The van der Waals surface area contributed by atoms with Gasteiger partial charge in [-0.2, -0.15) is 0 Å². The molecule has 0 radical (unpaired) electrons. The van der Waals surface area contributed by atoms with Gasteiger partial charge in [0.05, 0.1) is 12.7 Å². The number of hydrogen-bond acceptors (Lipinski definition) is 2. The third-order valence-corrected chi connectivity index (χ3v) is 3.51. The first-order valence-electron chi connectivity index (χ1n) is 4.96. The van der Waals surface area contributed by atoms with E-state index in [1.54, 1.807) is 0 Å². The topological polar surface area (TPSA) is 21.3 Å². The minimum absolute atomic E-state index is 0. The molecule has 82 valence electrons. The Morgan fingerprint density at radius 1 is 1.33 bits per heavy atom. The van der Waals surface area contributed by atoms with Gasteiger partial charge in [0, 0.05) is 24.0 Å². The Labute approximate surface area is 100 Å². The van der Waals surface area contributed by atoms with Crippen molar-refractivity contribution >= 4 is 24.0 Å². The molecular formula is C11H13Cl2NO. The lowest BCUT2D eigenvalue weighted by atomic mass is 9.90. The standard InChI is InChI=1S/C11H12ClNO.ClH/c12-10-3-1-2-7-8-4-13-5-11(8)14-6-9(7)10;/h1-3,8,11,13H,4-6H2;1H/t8-,11-;/m1./s1. The van der Waals surface area contributed by atoms with Gasteiger partial charge in [-0.05, 0) is 17.2 Å². The third kappa shape index (κ3) is 1.76. The molecule has 2 aliphatic heterocycles. The molecule has 1 aromatic rings. The van der Waals surface area contributed by atoms with Crippen LogP contribution in [-0.4, -0.2) is 19.2 Å². The van der Waals surface area contributed by atoms with Crippen molar-refractivity contribution in [3.8, 4) is 0 Å². The van der Waals surface area contributed by atoms with E-state index < -0.39 is 0 Å². The maximum absolute atomic E-state index is 6.13. The Morgan fingerprint density at radius 2 is 2.20 bits per heavy atom. The summed E-state index contributed by atoms with van der Waals surface area (Å²) in [6.45, 7) is 2.65. The first-order chi connectivity index (χ1) is 6.86. The molecule has 2 heterocycles. The lowest BCUT2D eigenvalue weighted by molar-refractivity contribution is 0.0300. The number of ether oxygens (including phenoxy) is 1. The molecule has 3 rings (SSSR count). The van der Waals surface area contributed by atoms with Crippen LogP contribution in [0.2, 0.25) is 5.02 Å². The number of halogens is 2. The lowest BCUT2D eigenvalue weighted by Crippen LogP contribution is -2.26. The molecule has 1 saturated heterocycles. The number of hydrogen-bond donors (Lipinski definition) is 1. The van der Waals surface area contributed by atoms with E-state index in [9.17, 15) is 0 Å². The summed E-state index contributed by atoms with van der Waals surface area (Å²) in [4.78, 5) is 0. The van der Waals surface area contributed by atoms with Crippen LogP contribution in [0.15, 0.2) is 18.2 Å². The molecule has 0 spiro atoms. The average Bonchev–Trinajstić information content (AvgIpc) is 2.66. The zero-order valence-electron chi connectivity index (χ0n) is 8.20. The van der Waals surface area contributed by atoms with Crippen molar-refractivity contribution < 1.29 is 4.74 Å². The van der Waals surface area contributed by atoms with Crippen molar-refractivity contribution in [2.75, 3.05) is 13.1 Å². The first-order valence-corrected chi connectivity index (χ1v) is 5.33. The second-order valence-corrected chi connectivity index (χ2v) is 4.33. The quantitative estimate of drug-likeness (QED) is 0.758. The van der Waals surface area contributed by atoms with Crippen LogP contribution in [0.4, 0.5) is 0 Å². The number of benzene rings is 1. The Balaban J connectivity index is 0.000000853. The van der Waals surface area contributed by atoms with Gasteiger partial charge in [-0.25, -0.2) is 0 Å². The highest BCUT2D eigenvalue weighted by Gasteiger charge is 2.34. The molecule has 4 heteroatoms. The molecule has 2 nitrogen and oxygen atoms in total. The van der Waals surface area contributed by atoms with Gasteiger partial charge in [-0.15, -0.1) is 12.4 Å². The van der Waals surface area contributed by atoms with Crippen LogP contribution < -0.4 is 5.32 Å². The molecule has 0 aliphatic carbocycles. The molecule has 1 N–H and O–H groups in total. The Morgan fingerprint density at radius 3 is 3.07 bits per heavy atom. The van der Waals surface area contributed by atoms with E-state index in [0.717, 1.165) is 18.1 Å². The summed E-state index contributed by atoms with van der Waals surface area (Å²) in [6, 6.07) is 6.14. The highest BCUT2D eigenvalue weighted by molar-refractivity contribution is 6.31. The summed E-state index contributed by atoms with van der Waals surface area (Å²) in [6.07, 6.45) is 0.348. The van der Waals surface area contributed by atoms with Crippen molar-refractivity contribution in [3.05, 3.63) is 34.3 Å². The zero-order chi connectivity index (χ0) is 9.54. The molecule has 1 fully saturated rings. The normalized spacial score (nSPS) is 27.8. The molecule has 15 heavy (non-hydrogen) atoms. The van der Waals surface area contributed by atoms with Crippen LogP contribution in [0.1, 0.15) is 17.0 Å². The molecule has 2 atom stereocenters. The molecule has 2 aliphatic rings. The van der Waals surface area contributed by atoms with Crippen LogP contribution in [0.25, 0.3) is 0 Å². The average molecular weight is 246 g/mol. The van der Waals surface area contributed by atoms with Crippen LogP contribution in [-0.2, 0) is 11.3 Å². The predicted octanol–water partition coefficient (Wildman–Crippen LogP) is 2.35. The van der Waals surface area contributed by atoms with Gasteiger partial charge >= 0.3 is 0 Å². The minimum atomic E-state index is 0. The summed E-state index contributed by atoms with van der Waals surface area (Å²) >= 11 is 6.13. The van der Waals surface area contributed by atoms with Crippen molar-refractivity contribution in [2.24, 2.45) is 0 Å². The van der Waals surface area contributed by atoms with Gasteiger partial charge in [-0.1, -0.05) is 23.7 Å². The largest absolute Gasteiger partial charge is 0.371 e. The van der Waals surface area contributed by atoms with E-state index in [-0.39, 0.29) is 12.4 Å². The van der Waals surface area contributed by atoms with E-state index in [0.29, 0.717) is 18.6 Å². The van der Waals surface area contributed by atoms with Crippen LogP contribution >= 0.6 is 24.0 Å². The smallest absolute Gasteiger partial charge is 0.0784 e. The van der Waals surface area contributed by atoms with E-state index in [2.05, 4.69) is 11.4 Å². The Bertz CT molecular complexity index is 370.